The van der Waals surface area contributed by atoms with Gasteiger partial charge < -0.3 is 20.1 Å². The Morgan fingerprint density at radius 2 is 2.00 bits per heavy atom. The highest BCUT2D eigenvalue weighted by atomic mass is 16.6. The molecule has 1 saturated carbocycles. The van der Waals surface area contributed by atoms with Gasteiger partial charge in [0.25, 0.3) is 0 Å². The van der Waals surface area contributed by atoms with Crippen molar-refractivity contribution in [3.05, 3.63) is 0 Å². The van der Waals surface area contributed by atoms with Crippen molar-refractivity contribution in [2.45, 2.75) is 84.1 Å². The lowest BCUT2D eigenvalue weighted by atomic mass is 9.87. The van der Waals surface area contributed by atoms with Crippen molar-refractivity contribution in [3.8, 4) is 0 Å². The fourth-order valence-corrected chi connectivity index (χ4v) is 3.52. The Hall–Kier alpha value is -1.30. The summed E-state index contributed by atoms with van der Waals surface area (Å²) in [6.45, 7) is 10.3. The summed E-state index contributed by atoms with van der Waals surface area (Å²) in [5.41, 5.74) is -0.616. The van der Waals surface area contributed by atoms with E-state index < -0.39 is 17.8 Å². The molecule has 0 bridgehead atoms. The van der Waals surface area contributed by atoms with E-state index in [9.17, 15) is 14.7 Å². The quantitative estimate of drug-likeness (QED) is 0.814. The van der Waals surface area contributed by atoms with Crippen molar-refractivity contribution >= 4 is 12.0 Å². The van der Waals surface area contributed by atoms with Gasteiger partial charge in [-0.25, -0.2) is 4.79 Å². The number of nitrogens with zero attached hydrogens (tertiary/aromatic N) is 1. The molecular formula is C17H30N2O4. The Kier molecular flexibility index (Phi) is 4.95. The van der Waals surface area contributed by atoms with E-state index >= 15 is 0 Å². The zero-order valence-electron chi connectivity index (χ0n) is 14.9. The number of ether oxygens (including phenoxy) is 1. The SMILES string of the molecule is CC1(C)CC(=O)N(C2CC(O)CCC2NC(=O)OC(C)(C)C)C1. The second-order valence-electron chi connectivity index (χ2n) is 8.65. The molecule has 1 aliphatic heterocycles. The smallest absolute Gasteiger partial charge is 0.407 e. The summed E-state index contributed by atoms with van der Waals surface area (Å²) in [6, 6.07) is -0.341. The molecule has 2 amide bonds. The molecule has 6 heteroatoms. The molecule has 0 aromatic heterocycles. The summed E-state index contributed by atoms with van der Waals surface area (Å²) >= 11 is 0. The van der Waals surface area contributed by atoms with Gasteiger partial charge in [-0.05, 0) is 45.4 Å². The lowest BCUT2D eigenvalue weighted by Gasteiger charge is -2.40. The normalized spacial score (nSPS) is 31.1. The molecule has 3 unspecified atom stereocenters. The van der Waals surface area contributed by atoms with E-state index in [1.807, 2.05) is 25.7 Å². The third-order valence-corrected chi connectivity index (χ3v) is 4.44. The number of nitrogens with one attached hydrogen (secondary N) is 1. The van der Waals surface area contributed by atoms with E-state index in [0.29, 0.717) is 32.2 Å². The van der Waals surface area contributed by atoms with Crippen molar-refractivity contribution in [1.82, 2.24) is 10.2 Å². The molecule has 0 aromatic carbocycles. The molecule has 1 heterocycles. The van der Waals surface area contributed by atoms with Crippen LogP contribution >= 0.6 is 0 Å². The number of hydrogen-bond donors (Lipinski definition) is 2. The van der Waals surface area contributed by atoms with Crippen LogP contribution in [0, 0.1) is 5.41 Å². The third-order valence-electron chi connectivity index (χ3n) is 4.44. The van der Waals surface area contributed by atoms with Crippen LogP contribution in [0.2, 0.25) is 0 Å². The van der Waals surface area contributed by atoms with Crippen LogP contribution < -0.4 is 5.32 Å². The molecule has 2 fully saturated rings. The van der Waals surface area contributed by atoms with Gasteiger partial charge in [0.2, 0.25) is 5.91 Å². The second kappa shape index (κ2) is 6.30. The Labute approximate surface area is 138 Å². The van der Waals surface area contributed by atoms with Gasteiger partial charge in [0.15, 0.2) is 0 Å². The molecule has 132 valence electrons. The fraction of sp³-hybridized carbons (Fsp3) is 0.882. The van der Waals surface area contributed by atoms with Gasteiger partial charge in [-0.15, -0.1) is 0 Å². The molecule has 1 aliphatic carbocycles. The van der Waals surface area contributed by atoms with Crippen LogP contribution in [0.1, 0.15) is 60.3 Å². The van der Waals surface area contributed by atoms with Crippen molar-refractivity contribution in [2.24, 2.45) is 5.41 Å². The van der Waals surface area contributed by atoms with E-state index in [1.165, 1.54) is 0 Å². The molecule has 0 spiro atoms. The fourth-order valence-electron chi connectivity index (χ4n) is 3.52. The molecule has 0 radical (unpaired) electrons. The molecule has 0 aromatic rings. The first-order chi connectivity index (χ1) is 10.5. The standard InChI is InChI=1S/C17H30N2O4/c1-16(2,3)23-15(22)18-12-7-6-11(20)8-13(12)19-10-17(4,5)9-14(19)21/h11-13,20H,6-10H2,1-5H3,(H,18,22). The lowest BCUT2D eigenvalue weighted by molar-refractivity contribution is -0.131. The van der Waals surface area contributed by atoms with Crippen LogP contribution in [0.3, 0.4) is 0 Å². The largest absolute Gasteiger partial charge is 0.444 e. The topological polar surface area (TPSA) is 78.9 Å². The van der Waals surface area contributed by atoms with Gasteiger partial charge >= 0.3 is 6.09 Å². The Morgan fingerprint density at radius 3 is 2.52 bits per heavy atom. The number of alkyl carbamates (subject to hydrolysis) is 1. The zero-order valence-corrected chi connectivity index (χ0v) is 14.9. The van der Waals surface area contributed by atoms with Crippen LogP contribution in [0.4, 0.5) is 4.79 Å². The van der Waals surface area contributed by atoms with Gasteiger partial charge in [0.05, 0.1) is 18.2 Å². The van der Waals surface area contributed by atoms with Crippen LogP contribution in [-0.4, -0.2) is 52.3 Å². The van der Waals surface area contributed by atoms with Crippen molar-refractivity contribution in [3.63, 3.8) is 0 Å². The molecule has 2 N–H and O–H groups in total. The van der Waals surface area contributed by atoms with E-state index in [1.54, 1.807) is 0 Å². The number of rotatable bonds is 2. The summed E-state index contributed by atoms with van der Waals surface area (Å²) in [6.07, 6.45) is 1.40. The van der Waals surface area contributed by atoms with Crippen LogP contribution in [0.15, 0.2) is 0 Å². The monoisotopic (exact) mass is 326 g/mol. The highest BCUT2D eigenvalue weighted by Crippen LogP contribution is 2.35. The number of aliphatic hydroxyl groups is 1. The minimum atomic E-state index is -0.556. The van der Waals surface area contributed by atoms with Crippen LogP contribution in [-0.2, 0) is 9.53 Å². The molecule has 2 rings (SSSR count). The molecule has 23 heavy (non-hydrogen) atoms. The predicted octanol–water partition coefficient (Wildman–Crippen LogP) is 2.05. The predicted molar refractivity (Wildman–Crippen MR) is 86.9 cm³/mol. The molecular weight excluding hydrogens is 296 g/mol. The molecule has 1 saturated heterocycles. The van der Waals surface area contributed by atoms with Crippen molar-refractivity contribution < 1.29 is 19.4 Å². The van der Waals surface area contributed by atoms with Gasteiger partial charge in [-0.1, -0.05) is 13.8 Å². The van der Waals surface area contributed by atoms with Crippen LogP contribution in [0.5, 0.6) is 0 Å². The maximum Gasteiger partial charge on any atom is 0.407 e. The third kappa shape index (κ3) is 4.83. The number of carbonyl (C=O) groups is 2. The average molecular weight is 326 g/mol. The van der Waals surface area contributed by atoms with E-state index in [0.717, 1.165) is 0 Å². The van der Waals surface area contributed by atoms with Gasteiger partial charge in [0, 0.05) is 13.0 Å². The van der Waals surface area contributed by atoms with Gasteiger partial charge in [0.1, 0.15) is 5.60 Å². The minimum absolute atomic E-state index is 0.0596. The second-order valence-corrected chi connectivity index (χ2v) is 8.65. The summed E-state index contributed by atoms with van der Waals surface area (Å²) in [5.74, 6) is 0.102. The molecule has 6 nitrogen and oxygen atoms in total. The van der Waals surface area contributed by atoms with E-state index in [-0.39, 0.29) is 23.4 Å². The Bertz CT molecular complexity index is 470. The maximum absolute atomic E-state index is 12.4. The first-order valence-electron chi connectivity index (χ1n) is 8.44. The van der Waals surface area contributed by atoms with E-state index in [2.05, 4.69) is 19.2 Å². The Morgan fingerprint density at radius 1 is 1.35 bits per heavy atom. The lowest BCUT2D eigenvalue weighted by Crippen LogP contribution is -2.56. The number of likely N-dealkylation sites (tertiary alicyclic amines) is 1. The van der Waals surface area contributed by atoms with Crippen molar-refractivity contribution in [1.29, 1.82) is 0 Å². The highest BCUT2D eigenvalue weighted by Gasteiger charge is 2.44. The van der Waals surface area contributed by atoms with Gasteiger partial charge in [-0.2, -0.15) is 0 Å². The van der Waals surface area contributed by atoms with Gasteiger partial charge in [-0.3, -0.25) is 4.79 Å². The highest BCUT2D eigenvalue weighted by molar-refractivity contribution is 5.80. The first kappa shape index (κ1) is 18.0. The number of carbonyl (C=O) groups excluding carboxylic acids is 2. The summed E-state index contributed by atoms with van der Waals surface area (Å²) in [4.78, 5) is 26.3. The Balaban J connectivity index is 2.08. The average Bonchev–Trinajstić information content (AvgIpc) is 2.62. The molecule has 3 atom stereocenters. The number of hydrogen-bond acceptors (Lipinski definition) is 4. The van der Waals surface area contributed by atoms with Crippen molar-refractivity contribution in [2.75, 3.05) is 6.54 Å². The summed E-state index contributed by atoms with van der Waals surface area (Å²) in [5, 5.41) is 12.9. The summed E-state index contributed by atoms with van der Waals surface area (Å²) in [7, 11) is 0. The summed E-state index contributed by atoms with van der Waals surface area (Å²) < 4.78 is 5.33. The maximum atomic E-state index is 12.4. The molecule has 2 aliphatic rings. The number of aliphatic hydroxyl groups excluding tert-OH is 1. The minimum Gasteiger partial charge on any atom is -0.444 e. The zero-order chi connectivity index (χ0) is 17.4. The first-order valence-corrected chi connectivity index (χ1v) is 8.44. The van der Waals surface area contributed by atoms with E-state index in [4.69, 9.17) is 4.74 Å². The van der Waals surface area contributed by atoms with Crippen LogP contribution in [0.25, 0.3) is 0 Å². The number of amides is 2.